The van der Waals surface area contributed by atoms with Crippen LogP contribution in [0.1, 0.15) is 12.8 Å². The third-order valence-corrected chi connectivity index (χ3v) is 3.09. The Morgan fingerprint density at radius 1 is 1.59 bits per heavy atom. The minimum atomic E-state index is -0.0872. The molecule has 0 radical (unpaired) electrons. The van der Waals surface area contributed by atoms with Crippen LogP contribution >= 0.6 is 11.6 Å². The molecular formula is C12H15ClN2O2. The highest BCUT2D eigenvalue weighted by molar-refractivity contribution is 6.32. The molecule has 0 aromatic heterocycles. The molecule has 0 bridgehead atoms. The average Bonchev–Trinajstić information content (AvgIpc) is 2.82. The van der Waals surface area contributed by atoms with Gasteiger partial charge in [-0.05, 0) is 37.6 Å². The maximum atomic E-state index is 11.8. The second-order valence-corrected chi connectivity index (χ2v) is 4.39. The Bertz CT molecular complexity index is 417. The highest BCUT2D eigenvalue weighted by Crippen LogP contribution is 2.27. The summed E-state index contributed by atoms with van der Waals surface area (Å²) in [5.74, 6) is 0.590. The van der Waals surface area contributed by atoms with Gasteiger partial charge in [-0.25, -0.2) is 0 Å². The van der Waals surface area contributed by atoms with Crippen LogP contribution in [0.25, 0.3) is 0 Å². The average molecular weight is 255 g/mol. The fourth-order valence-electron chi connectivity index (χ4n) is 1.88. The van der Waals surface area contributed by atoms with Gasteiger partial charge < -0.3 is 15.4 Å². The maximum Gasteiger partial charge on any atom is 0.241 e. The van der Waals surface area contributed by atoms with Crippen molar-refractivity contribution < 1.29 is 9.53 Å². The van der Waals surface area contributed by atoms with E-state index in [2.05, 4.69) is 10.6 Å². The molecule has 0 aliphatic carbocycles. The number of methoxy groups -OCH3 is 1. The molecule has 0 spiro atoms. The lowest BCUT2D eigenvalue weighted by Gasteiger charge is -2.12. The number of carbonyl (C=O) groups is 1. The summed E-state index contributed by atoms with van der Waals surface area (Å²) in [7, 11) is 1.56. The molecule has 1 fully saturated rings. The minimum Gasteiger partial charge on any atom is -0.495 e. The molecule has 1 heterocycles. The Kier molecular flexibility index (Phi) is 3.86. The molecule has 5 heteroatoms. The molecule has 1 aliphatic heterocycles. The number of nitrogens with one attached hydrogen (secondary N) is 2. The number of rotatable bonds is 3. The first-order chi connectivity index (χ1) is 8.20. The van der Waals surface area contributed by atoms with Gasteiger partial charge in [-0.2, -0.15) is 0 Å². The summed E-state index contributed by atoms with van der Waals surface area (Å²) in [5, 5.41) is 6.47. The number of hydrogen-bond donors (Lipinski definition) is 2. The van der Waals surface area contributed by atoms with Gasteiger partial charge in [0.2, 0.25) is 5.91 Å². The molecule has 0 saturated carbocycles. The number of anilines is 1. The highest BCUT2D eigenvalue weighted by Gasteiger charge is 2.21. The molecule has 1 atom stereocenters. The third kappa shape index (κ3) is 2.90. The van der Waals surface area contributed by atoms with Crippen molar-refractivity contribution in [2.24, 2.45) is 0 Å². The summed E-state index contributed by atoms with van der Waals surface area (Å²) in [6.07, 6.45) is 1.93. The van der Waals surface area contributed by atoms with E-state index in [0.717, 1.165) is 19.4 Å². The Morgan fingerprint density at radius 2 is 2.41 bits per heavy atom. The third-order valence-electron chi connectivity index (χ3n) is 2.80. The number of carbonyl (C=O) groups excluding carboxylic acids is 1. The predicted octanol–water partition coefficient (Wildman–Crippen LogP) is 2.04. The van der Waals surface area contributed by atoms with Crippen LogP contribution in [0, 0.1) is 0 Å². The fourth-order valence-corrected chi connectivity index (χ4v) is 2.14. The fraction of sp³-hybridized carbons (Fsp3) is 0.417. The second-order valence-electron chi connectivity index (χ2n) is 3.99. The standard InChI is InChI=1S/C12H15ClN2O2/c1-17-11-5-4-8(7-9(11)13)15-12(16)10-3-2-6-14-10/h4-5,7,10,14H,2-3,6H2,1H3,(H,15,16)/t10-/m0/s1. The zero-order valence-electron chi connectivity index (χ0n) is 9.63. The lowest BCUT2D eigenvalue weighted by atomic mass is 10.2. The molecule has 1 aromatic rings. The first-order valence-corrected chi connectivity index (χ1v) is 5.96. The molecule has 2 N–H and O–H groups in total. The summed E-state index contributed by atoms with van der Waals surface area (Å²) < 4.78 is 5.05. The van der Waals surface area contributed by atoms with Crippen molar-refractivity contribution in [2.75, 3.05) is 19.0 Å². The summed E-state index contributed by atoms with van der Waals surface area (Å²) in [5.41, 5.74) is 0.689. The van der Waals surface area contributed by atoms with E-state index < -0.39 is 0 Å². The normalized spacial score (nSPS) is 19.1. The topological polar surface area (TPSA) is 50.4 Å². The van der Waals surface area contributed by atoms with Crippen molar-refractivity contribution in [3.63, 3.8) is 0 Å². The minimum absolute atomic E-state index is 0.0104. The predicted molar refractivity (Wildman–Crippen MR) is 67.7 cm³/mol. The van der Waals surface area contributed by atoms with Gasteiger partial charge in [-0.1, -0.05) is 11.6 Å². The molecule has 1 saturated heterocycles. The molecule has 4 nitrogen and oxygen atoms in total. The first kappa shape index (κ1) is 12.2. The Balaban J connectivity index is 2.03. The van der Waals surface area contributed by atoms with Crippen LogP contribution in [0.3, 0.4) is 0 Å². The van der Waals surface area contributed by atoms with Crippen LogP contribution in [0.5, 0.6) is 5.75 Å². The van der Waals surface area contributed by atoms with Gasteiger partial charge >= 0.3 is 0 Å². The first-order valence-electron chi connectivity index (χ1n) is 5.58. The summed E-state index contributed by atoms with van der Waals surface area (Å²) in [6.45, 7) is 0.904. The van der Waals surface area contributed by atoms with Crippen molar-refractivity contribution in [1.29, 1.82) is 0 Å². The maximum absolute atomic E-state index is 11.8. The SMILES string of the molecule is COc1ccc(NC(=O)[C@@H]2CCCN2)cc1Cl. The monoisotopic (exact) mass is 254 g/mol. The van der Waals surface area contributed by atoms with Gasteiger partial charge in [0.05, 0.1) is 18.2 Å². The van der Waals surface area contributed by atoms with E-state index in [1.54, 1.807) is 25.3 Å². The molecule has 17 heavy (non-hydrogen) atoms. The number of benzene rings is 1. The van der Waals surface area contributed by atoms with E-state index in [1.165, 1.54) is 0 Å². The van der Waals surface area contributed by atoms with Crippen molar-refractivity contribution >= 4 is 23.2 Å². The van der Waals surface area contributed by atoms with Gasteiger partial charge in [-0.15, -0.1) is 0 Å². The van der Waals surface area contributed by atoms with Crippen molar-refractivity contribution in [1.82, 2.24) is 5.32 Å². The van der Waals surface area contributed by atoms with Crippen molar-refractivity contribution in [2.45, 2.75) is 18.9 Å². The summed E-state index contributed by atoms with van der Waals surface area (Å²) in [6, 6.07) is 5.11. The van der Waals surface area contributed by atoms with Gasteiger partial charge in [0.25, 0.3) is 0 Å². The van der Waals surface area contributed by atoms with Crippen LogP contribution < -0.4 is 15.4 Å². The summed E-state index contributed by atoms with van der Waals surface area (Å²) in [4.78, 5) is 11.8. The zero-order chi connectivity index (χ0) is 12.3. The largest absolute Gasteiger partial charge is 0.495 e. The van der Waals surface area contributed by atoms with Crippen LogP contribution in [0.2, 0.25) is 5.02 Å². The van der Waals surface area contributed by atoms with E-state index in [9.17, 15) is 4.79 Å². The van der Waals surface area contributed by atoms with E-state index in [0.29, 0.717) is 16.5 Å². The number of halogens is 1. The molecule has 1 aliphatic rings. The van der Waals surface area contributed by atoms with Gasteiger partial charge in [0, 0.05) is 5.69 Å². The Morgan fingerprint density at radius 3 is 3.00 bits per heavy atom. The van der Waals surface area contributed by atoms with E-state index >= 15 is 0 Å². The molecular weight excluding hydrogens is 240 g/mol. The molecule has 1 aromatic carbocycles. The molecule has 92 valence electrons. The number of amides is 1. The van der Waals surface area contributed by atoms with E-state index in [-0.39, 0.29) is 11.9 Å². The zero-order valence-corrected chi connectivity index (χ0v) is 10.4. The van der Waals surface area contributed by atoms with Gasteiger partial charge in [-0.3, -0.25) is 4.79 Å². The van der Waals surface area contributed by atoms with Crippen molar-refractivity contribution in [3.8, 4) is 5.75 Å². The second kappa shape index (κ2) is 5.38. The molecule has 0 unspecified atom stereocenters. The smallest absolute Gasteiger partial charge is 0.241 e. The van der Waals surface area contributed by atoms with Crippen LogP contribution in [-0.4, -0.2) is 25.6 Å². The molecule has 2 rings (SSSR count). The summed E-state index contributed by atoms with van der Waals surface area (Å²) >= 11 is 5.98. The number of ether oxygens (including phenoxy) is 1. The van der Waals surface area contributed by atoms with Gasteiger partial charge in [0.15, 0.2) is 0 Å². The molecule has 1 amide bonds. The number of hydrogen-bond acceptors (Lipinski definition) is 3. The Hall–Kier alpha value is -1.26. The van der Waals surface area contributed by atoms with Crippen LogP contribution in [0.15, 0.2) is 18.2 Å². The van der Waals surface area contributed by atoms with Crippen LogP contribution in [0.4, 0.5) is 5.69 Å². The van der Waals surface area contributed by atoms with Crippen molar-refractivity contribution in [3.05, 3.63) is 23.2 Å². The van der Waals surface area contributed by atoms with Crippen LogP contribution in [-0.2, 0) is 4.79 Å². The lowest BCUT2D eigenvalue weighted by molar-refractivity contribution is -0.117. The van der Waals surface area contributed by atoms with E-state index in [4.69, 9.17) is 16.3 Å². The van der Waals surface area contributed by atoms with E-state index in [1.807, 2.05) is 0 Å². The highest BCUT2D eigenvalue weighted by atomic mass is 35.5. The van der Waals surface area contributed by atoms with Gasteiger partial charge in [0.1, 0.15) is 5.75 Å². The quantitative estimate of drug-likeness (QED) is 0.868. The lowest BCUT2D eigenvalue weighted by Crippen LogP contribution is -2.35. The Labute approximate surface area is 105 Å².